The molecule has 0 radical (unpaired) electrons. The number of carbonyl (C=O) groups is 2. The van der Waals surface area contributed by atoms with Crippen LogP contribution in [0.1, 0.15) is 25.0 Å². The molecule has 5 rings (SSSR count). The average Bonchev–Trinajstić information content (AvgIpc) is 3.45. The number of hydrogen-bond donors (Lipinski definition) is 3. The third kappa shape index (κ3) is 7.10. The maximum atomic E-state index is 13.5. The summed E-state index contributed by atoms with van der Waals surface area (Å²) in [4.78, 5) is 34.3. The first-order valence-electron chi connectivity index (χ1n) is 14.0. The third-order valence-corrected chi connectivity index (χ3v) is 7.50. The highest BCUT2D eigenvalue weighted by Crippen LogP contribution is 2.34. The molecule has 2 aromatic carbocycles. The number of benzene rings is 2. The molecule has 0 unspecified atom stereocenters. The summed E-state index contributed by atoms with van der Waals surface area (Å²) < 4.78 is 17.3. The van der Waals surface area contributed by atoms with Crippen molar-refractivity contribution >= 4 is 23.3 Å². The summed E-state index contributed by atoms with van der Waals surface area (Å²) in [5, 5.41) is 15.5. The molecule has 0 saturated heterocycles. The average molecular weight is 576 g/mol. The number of ether oxygens (including phenoxy) is 3. The topological polar surface area (TPSA) is 125 Å². The number of urea groups is 1. The van der Waals surface area contributed by atoms with Crippen LogP contribution in [0, 0.1) is 5.92 Å². The summed E-state index contributed by atoms with van der Waals surface area (Å²) in [6.07, 6.45) is 3.40. The van der Waals surface area contributed by atoms with Gasteiger partial charge in [-0.15, -0.1) is 0 Å². The minimum Gasteiger partial charge on any atom is -0.488 e. The summed E-state index contributed by atoms with van der Waals surface area (Å²) in [5.41, 5.74) is 2.87. The van der Waals surface area contributed by atoms with Crippen molar-refractivity contribution in [1.82, 2.24) is 14.8 Å². The highest BCUT2D eigenvalue weighted by molar-refractivity contribution is 6.00. The second-order valence-corrected chi connectivity index (χ2v) is 10.9. The van der Waals surface area contributed by atoms with Gasteiger partial charge in [0.1, 0.15) is 11.9 Å². The number of nitrogens with zero attached hydrogens (tertiary/aromatic N) is 3. The number of anilines is 2. The Balaban J connectivity index is 1.34. The Morgan fingerprint density at radius 3 is 2.50 bits per heavy atom. The van der Waals surface area contributed by atoms with Crippen LogP contribution in [0.25, 0.3) is 0 Å². The molecule has 42 heavy (non-hydrogen) atoms. The first kappa shape index (κ1) is 29.2. The van der Waals surface area contributed by atoms with Gasteiger partial charge in [-0.05, 0) is 62.0 Å². The van der Waals surface area contributed by atoms with E-state index in [0.29, 0.717) is 47.3 Å². The summed E-state index contributed by atoms with van der Waals surface area (Å²) in [7, 11) is 2.04. The minimum absolute atomic E-state index is 0.0148. The Kier molecular flexibility index (Phi) is 9.09. The Bertz CT molecular complexity index is 1400. The van der Waals surface area contributed by atoms with Crippen LogP contribution in [0.3, 0.4) is 0 Å². The Hall–Kier alpha value is -4.35. The molecule has 3 heterocycles. The molecule has 11 heteroatoms. The molecule has 11 nitrogen and oxygen atoms in total. The van der Waals surface area contributed by atoms with Gasteiger partial charge in [0.05, 0.1) is 19.1 Å². The lowest BCUT2D eigenvalue weighted by atomic mass is 10.0. The second kappa shape index (κ2) is 13.1. The van der Waals surface area contributed by atoms with Gasteiger partial charge in [0, 0.05) is 61.0 Å². The molecule has 3 N–H and O–H groups in total. The predicted octanol–water partition coefficient (Wildman–Crippen LogP) is 3.74. The van der Waals surface area contributed by atoms with E-state index in [1.54, 1.807) is 53.7 Å². The third-order valence-electron chi connectivity index (χ3n) is 7.50. The van der Waals surface area contributed by atoms with Gasteiger partial charge in [-0.25, -0.2) is 4.79 Å². The van der Waals surface area contributed by atoms with Crippen LogP contribution in [-0.2, 0) is 17.8 Å². The standard InChI is InChI=1S/C31H37N5O6/c1-20-15-36(21(2)18-37)30(38)13-23-12-24(33-31(39)34-25-5-7-27-28(14-25)41-19-40-27)4-6-26(23)42-29(20)17-35(3)16-22-8-10-32-11-9-22/h4-12,14,20-21,29,37H,13,15-19H2,1-3H3,(H2,33,34,39)/t20-,21-,29-/m1/s1. The van der Waals surface area contributed by atoms with Crippen LogP contribution < -0.4 is 24.8 Å². The lowest BCUT2D eigenvalue weighted by Gasteiger charge is -2.34. The summed E-state index contributed by atoms with van der Waals surface area (Å²) in [6.45, 7) is 5.71. The first-order chi connectivity index (χ1) is 20.3. The van der Waals surface area contributed by atoms with Crippen molar-refractivity contribution in [1.29, 1.82) is 0 Å². The van der Waals surface area contributed by atoms with E-state index in [9.17, 15) is 14.7 Å². The van der Waals surface area contributed by atoms with Gasteiger partial charge in [-0.2, -0.15) is 0 Å². The normalized spacial score (nSPS) is 18.8. The van der Waals surface area contributed by atoms with Gasteiger partial charge in [-0.1, -0.05) is 6.92 Å². The molecule has 2 aliphatic heterocycles. The Morgan fingerprint density at radius 1 is 1.07 bits per heavy atom. The lowest BCUT2D eigenvalue weighted by Crippen LogP contribution is -2.47. The number of nitrogens with one attached hydrogen (secondary N) is 2. The van der Waals surface area contributed by atoms with Crippen LogP contribution in [0.5, 0.6) is 17.2 Å². The van der Waals surface area contributed by atoms with E-state index in [-0.39, 0.29) is 43.8 Å². The van der Waals surface area contributed by atoms with E-state index in [1.807, 2.05) is 26.1 Å². The van der Waals surface area contributed by atoms with E-state index < -0.39 is 6.03 Å². The summed E-state index contributed by atoms with van der Waals surface area (Å²) in [6, 6.07) is 13.7. The number of likely N-dealkylation sites (N-methyl/N-ethyl adjacent to an activating group) is 1. The Labute approximate surface area is 245 Å². The van der Waals surface area contributed by atoms with Crippen molar-refractivity contribution < 1.29 is 28.9 Å². The molecule has 1 aromatic heterocycles. The highest BCUT2D eigenvalue weighted by atomic mass is 16.7. The molecule has 0 bridgehead atoms. The number of amides is 3. The van der Waals surface area contributed by atoms with Crippen molar-refractivity contribution in [2.24, 2.45) is 5.92 Å². The summed E-state index contributed by atoms with van der Waals surface area (Å²) >= 11 is 0. The monoisotopic (exact) mass is 575 g/mol. The maximum Gasteiger partial charge on any atom is 0.323 e. The SMILES string of the molecule is C[C@@H]1CN([C@H](C)CO)C(=O)Cc2cc(NC(=O)Nc3ccc4c(c3)OCO4)ccc2O[C@@H]1CN(C)Cc1ccncc1. The van der Waals surface area contributed by atoms with Gasteiger partial charge in [-0.3, -0.25) is 14.7 Å². The van der Waals surface area contributed by atoms with Crippen LogP contribution >= 0.6 is 0 Å². The number of aliphatic hydroxyl groups excluding tert-OH is 1. The van der Waals surface area contributed by atoms with Crippen LogP contribution in [0.15, 0.2) is 60.9 Å². The zero-order chi connectivity index (χ0) is 29.6. The predicted molar refractivity (Wildman–Crippen MR) is 158 cm³/mol. The fourth-order valence-electron chi connectivity index (χ4n) is 5.16. The Morgan fingerprint density at radius 2 is 1.76 bits per heavy atom. The number of rotatable bonds is 8. The lowest BCUT2D eigenvalue weighted by molar-refractivity contribution is -0.134. The van der Waals surface area contributed by atoms with Crippen molar-refractivity contribution in [3.05, 3.63) is 72.1 Å². The summed E-state index contributed by atoms with van der Waals surface area (Å²) in [5.74, 6) is 1.67. The molecule has 222 valence electrons. The molecular weight excluding hydrogens is 538 g/mol. The molecule has 0 fully saturated rings. The quantitative estimate of drug-likeness (QED) is 0.371. The van der Waals surface area contributed by atoms with Crippen molar-refractivity contribution in [3.8, 4) is 17.2 Å². The van der Waals surface area contributed by atoms with Crippen molar-refractivity contribution in [3.63, 3.8) is 0 Å². The molecule has 0 saturated carbocycles. The van der Waals surface area contributed by atoms with Crippen LogP contribution in [-0.4, -0.2) is 77.5 Å². The fourth-order valence-corrected chi connectivity index (χ4v) is 5.16. The number of pyridine rings is 1. The van der Waals surface area contributed by atoms with Gasteiger partial charge < -0.3 is 34.9 Å². The zero-order valence-corrected chi connectivity index (χ0v) is 24.1. The second-order valence-electron chi connectivity index (χ2n) is 10.9. The van der Waals surface area contributed by atoms with Crippen LogP contribution in [0.2, 0.25) is 0 Å². The van der Waals surface area contributed by atoms with Crippen LogP contribution in [0.4, 0.5) is 16.2 Å². The molecule has 2 aliphatic rings. The van der Waals surface area contributed by atoms with Crippen molar-refractivity contribution in [2.45, 2.75) is 39.0 Å². The van der Waals surface area contributed by atoms with Gasteiger partial charge in [0.25, 0.3) is 0 Å². The van der Waals surface area contributed by atoms with Gasteiger partial charge in [0.15, 0.2) is 11.5 Å². The first-order valence-corrected chi connectivity index (χ1v) is 14.0. The number of hydrogen-bond acceptors (Lipinski definition) is 8. The fraction of sp³-hybridized carbons (Fsp3) is 0.387. The van der Waals surface area contributed by atoms with E-state index in [1.165, 1.54) is 0 Å². The van der Waals surface area contributed by atoms with E-state index in [4.69, 9.17) is 14.2 Å². The van der Waals surface area contributed by atoms with Crippen molar-refractivity contribution in [2.75, 3.05) is 44.2 Å². The minimum atomic E-state index is -0.441. The molecule has 3 atom stereocenters. The number of aliphatic hydroxyl groups is 1. The number of carbonyl (C=O) groups excluding carboxylic acids is 2. The molecule has 3 amide bonds. The van der Waals surface area contributed by atoms with E-state index in [2.05, 4.69) is 27.4 Å². The number of fused-ring (bicyclic) bond motifs is 2. The smallest absolute Gasteiger partial charge is 0.323 e. The molecule has 0 spiro atoms. The zero-order valence-electron chi connectivity index (χ0n) is 24.1. The number of aromatic nitrogens is 1. The highest BCUT2D eigenvalue weighted by Gasteiger charge is 2.31. The maximum absolute atomic E-state index is 13.5. The molecule has 0 aliphatic carbocycles. The van der Waals surface area contributed by atoms with Gasteiger partial charge >= 0.3 is 6.03 Å². The molecular formula is C31H37N5O6. The largest absolute Gasteiger partial charge is 0.488 e. The molecule has 3 aromatic rings. The van der Waals surface area contributed by atoms with Gasteiger partial charge in [0.2, 0.25) is 12.7 Å². The van der Waals surface area contributed by atoms with E-state index in [0.717, 1.165) is 12.1 Å². The van der Waals surface area contributed by atoms with E-state index >= 15 is 0 Å².